The molecule has 1 N–H and O–H groups in total. The first-order valence-electron chi connectivity index (χ1n) is 10.4. The van der Waals surface area contributed by atoms with Crippen LogP contribution >= 0.6 is 11.6 Å². The van der Waals surface area contributed by atoms with Gasteiger partial charge in [-0.2, -0.15) is 20.6 Å². The second kappa shape index (κ2) is 10.5. The summed E-state index contributed by atoms with van der Waals surface area (Å²) in [5, 5.41) is 21.6. The Kier molecular flexibility index (Phi) is 7.73. The number of carbonyl (C=O) groups excluding carboxylic acids is 1. The molecule has 0 spiro atoms. The number of nitrogens with zero attached hydrogens (tertiary/aromatic N) is 7. The minimum atomic E-state index is -3.08. The Bertz CT molecular complexity index is 1120. The average molecular weight is 489 g/mol. The van der Waals surface area contributed by atoms with E-state index in [1.165, 1.54) is 36.8 Å². The highest BCUT2D eigenvalue weighted by molar-refractivity contribution is 6.30. The molecule has 2 heterocycles. The van der Waals surface area contributed by atoms with E-state index in [0.29, 0.717) is 5.02 Å². The molecule has 1 saturated heterocycles. The highest BCUT2D eigenvalue weighted by Crippen LogP contribution is 2.36. The fraction of sp³-hybridized carbons (Fsp3) is 0.364. The zero-order valence-electron chi connectivity index (χ0n) is 18.6. The molecule has 0 radical (unpaired) electrons. The third-order valence-corrected chi connectivity index (χ3v) is 5.56. The van der Waals surface area contributed by atoms with Crippen LogP contribution in [0.4, 0.5) is 20.4 Å². The number of aromatic nitrogens is 2. The number of halogens is 3. The minimum absolute atomic E-state index is 0.00897. The van der Waals surface area contributed by atoms with Gasteiger partial charge in [-0.25, -0.2) is 18.7 Å². The molecule has 2 atom stereocenters. The molecule has 1 fully saturated rings. The topological polar surface area (TPSA) is 110 Å². The highest BCUT2D eigenvalue weighted by Gasteiger charge is 2.46. The zero-order chi connectivity index (χ0) is 24.9. The molecular formula is C22H23ClF2N8O. The third kappa shape index (κ3) is 5.63. The molecule has 1 unspecified atom stereocenters. The van der Waals surface area contributed by atoms with Crippen LogP contribution in [0.3, 0.4) is 0 Å². The van der Waals surface area contributed by atoms with Crippen molar-refractivity contribution < 1.29 is 13.6 Å². The zero-order valence-corrected chi connectivity index (χ0v) is 19.4. The number of piperidine rings is 1. The lowest BCUT2D eigenvalue weighted by Gasteiger charge is -2.43. The normalized spacial score (nSPS) is 19.5. The van der Waals surface area contributed by atoms with Crippen LogP contribution in [0.5, 0.6) is 0 Å². The lowest BCUT2D eigenvalue weighted by Crippen LogP contribution is -2.57. The van der Waals surface area contributed by atoms with Crippen LogP contribution in [-0.4, -0.2) is 58.8 Å². The van der Waals surface area contributed by atoms with E-state index in [1.807, 2.05) is 6.07 Å². The molecule has 0 saturated carbocycles. The van der Waals surface area contributed by atoms with Gasteiger partial charge >= 0.3 is 0 Å². The quantitative estimate of drug-likeness (QED) is 0.465. The summed E-state index contributed by atoms with van der Waals surface area (Å²) in [6.45, 7) is 6.11. The van der Waals surface area contributed by atoms with Crippen molar-refractivity contribution >= 4 is 42.1 Å². The number of nitriles is 1. The summed E-state index contributed by atoms with van der Waals surface area (Å²) in [4.78, 5) is 22.9. The average Bonchev–Trinajstić information content (AvgIpc) is 2.81. The maximum absolute atomic E-state index is 14.6. The van der Waals surface area contributed by atoms with Crippen molar-refractivity contribution in [1.82, 2.24) is 14.9 Å². The Hall–Kier alpha value is -3.65. The van der Waals surface area contributed by atoms with Crippen LogP contribution in [0, 0.1) is 17.2 Å². The molecule has 1 amide bonds. The van der Waals surface area contributed by atoms with Gasteiger partial charge in [0.05, 0.1) is 52.9 Å². The predicted molar refractivity (Wildman–Crippen MR) is 126 cm³/mol. The maximum atomic E-state index is 14.6. The molecule has 1 aliphatic heterocycles. The molecule has 12 heteroatoms. The van der Waals surface area contributed by atoms with Crippen molar-refractivity contribution in [3.63, 3.8) is 0 Å². The predicted octanol–water partition coefficient (Wildman–Crippen LogP) is 4.03. The number of carbonyl (C=O) groups is 1. The number of hydrogen-bond donors (Lipinski definition) is 1. The number of alkyl halides is 2. The van der Waals surface area contributed by atoms with Crippen molar-refractivity contribution in [2.24, 2.45) is 16.1 Å². The lowest BCUT2D eigenvalue weighted by molar-refractivity contribution is -0.0897. The van der Waals surface area contributed by atoms with E-state index in [0.717, 1.165) is 10.0 Å². The molecule has 0 bridgehead atoms. The van der Waals surface area contributed by atoms with Gasteiger partial charge in [0.1, 0.15) is 0 Å². The number of benzene rings is 1. The van der Waals surface area contributed by atoms with Gasteiger partial charge < -0.3 is 10.2 Å². The molecule has 178 valence electrons. The van der Waals surface area contributed by atoms with Gasteiger partial charge in [0.2, 0.25) is 5.95 Å². The Morgan fingerprint density at radius 1 is 1.47 bits per heavy atom. The van der Waals surface area contributed by atoms with E-state index in [9.17, 15) is 18.8 Å². The van der Waals surface area contributed by atoms with Crippen LogP contribution in [-0.2, 0) is 0 Å². The van der Waals surface area contributed by atoms with E-state index in [2.05, 4.69) is 32.2 Å². The fourth-order valence-electron chi connectivity index (χ4n) is 3.87. The first-order chi connectivity index (χ1) is 16.2. The first kappa shape index (κ1) is 25.0. The molecule has 34 heavy (non-hydrogen) atoms. The van der Waals surface area contributed by atoms with E-state index >= 15 is 0 Å². The van der Waals surface area contributed by atoms with Crippen LogP contribution < -0.4 is 10.4 Å². The Morgan fingerprint density at radius 2 is 2.18 bits per heavy atom. The van der Waals surface area contributed by atoms with Crippen LogP contribution in [0.2, 0.25) is 5.02 Å². The van der Waals surface area contributed by atoms with Crippen LogP contribution in [0.15, 0.2) is 40.8 Å². The molecule has 2 aromatic rings. The van der Waals surface area contributed by atoms with Crippen molar-refractivity contribution in [2.75, 3.05) is 23.5 Å². The Morgan fingerprint density at radius 3 is 2.79 bits per heavy atom. The molecule has 9 nitrogen and oxygen atoms in total. The number of nitrogens with one attached hydrogen (secondary N) is 1. The number of hydrogen-bond acceptors (Lipinski definition) is 8. The number of amides is 1. The first-order valence-corrected chi connectivity index (χ1v) is 10.8. The number of hydrazone groups is 2. The molecular weight excluding hydrogens is 466 g/mol. The van der Waals surface area contributed by atoms with Crippen molar-refractivity contribution in [3.8, 4) is 6.07 Å². The highest BCUT2D eigenvalue weighted by atomic mass is 35.5. The third-order valence-electron chi connectivity index (χ3n) is 5.36. The second-order valence-electron chi connectivity index (χ2n) is 7.79. The van der Waals surface area contributed by atoms with E-state index in [-0.39, 0.29) is 35.7 Å². The van der Waals surface area contributed by atoms with Crippen molar-refractivity contribution in [2.45, 2.75) is 32.2 Å². The summed E-state index contributed by atoms with van der Waals surface area (Å²) in [6.07, 6.45) is 3.87. The van der Waals surface area contributed by atoms with Gasteiger partial charge in [0, 0.05) is 25.9 Å². The summed E-state index contributed by atoms with van der Waals surface area (Å²) >= 11 is 5.81. The van der Waals surface area contributed by atoms with Gasteiger partial charge in [0.25, 0.3) is 11.8 Å². The van der Waals surface area contributed by atoms with Gasteiger partial charge in [-0.3, -0.25) is 4.79 Å². The standard InChI is InChI=1S/C22H23ClF2N8O/c1-4-31-33(27-3)18-6-5-15(9-26)7-17(18)20(34)32-13-22(24,25)8-14(2)19(32)12-30-21-28-10-16(23)11-29-21/h4-7,10-11,14,19H,3,8,12-13H2,1-2H3,(H,28,29,30)/b31-4-/t14-,19?/m1/s1. The van der Waals surface area contributed by atoms with Gasteiger partial charge in [-0.15, -0.1) is 0 Å². The fourth-order valence-corrected chi connectivity index (χ4v) is 3.97. The summed E-state index contributed by atoms with van der Waals surface area (Å²) in [7, 11) is 0. The maximum Gasteiger partial charge on any atom is 0.265 e. The lowest BCUT2D eigenvalue weighted by atomic mass is 9.87. The number of anilines is 2. The summed E-state index contributed by atoms with van der Waals surface area (Å²) < 4.78 is 29.2. The van der Waals surface area contributed by atoms with Crippen molar-refractivity contribution in [3.05, 3.63) is 46.7 Å². The number of rotatable bonds is 7. The summed E-state index contributed by atoms with van der Waals surface area (Å²) in [5.74, 6) is -4.04. The monoisotopic (exact) mass is 488 g/mol. The molecule has 1 aromatic heterocycles. The smallest absolute Gasteiger partial charge is 0.265 e. The van der Waals surface area contributed by atoms with Gasteiger partial charge in [0.15, 0.2) is 0 Å². The Balaban J connectivity index is 1.99. The number of likely N-dealkylation sites (tertiary alicyclic amines) is 1. The van der Waals surface area contributed by atoms with E-state index < -0.39 is 30.3 Å². The van der Waals surface area contributed by atoms with E-state index in [1.54, 1.807) is 13.8 Å². The molecule has 1 aliphatic rings. The van der Waals surface area contributed by atoms with Crippen molar-refractivity contribution in [1.29, 1.82) is 5.26 Å². The van der Waals surface area contributed by atoms with Gasteiger partial charge in [-0.1, -0.05) is 18.5 Å². The molecule has 0 aliphatic carbocycles. The largest absolute Gasteiger partial charge is 0.352 e. The summed E-state index contributed by atoms with van der Waals surface area (Å²) in [6, 6.07) is 5.66. The van der Waals surface area contributed by atoms with Crippen LogP contribution in [0.1, 0.15) is 36.2 Å². The molecule has 3 rings (SSSR count). The Labute approximate surface area is 200 Å². The molecule has 1 aromatic carbocycles. The van der Waals surface area contributed by atoms with E-state index in [4.69, 9.17) is 11.6 Å². The SMILES string of the molecule is C=NN(/N=C\C)c1ccc(C#N)cc1C(=O)N1CC(F)(F)C[C@@H](C)C1CNc1ncc(Cl)cn1. The minimum Gasteiger partial charge on any atom is -0.352 e. The van der Waals surface area contributed by atoms with Crippen LogP contribution in [0.25, 0.3) is 0 Å². The van der Waals surface area contributed by atoms with Gasteiger partial charge in [-0.05, 0) is 31.0 Å². The second-order valence-corrected chi connectivity index (χ2v) is 8.23. The summed E-state index contributed by atoms with van der Waals surface area (Å²) in [5.41, 5.74) is 0.415.